The average molecular weight is 273 g/mol. The molecule has 0 aromatic heterocycles. The predicted molar refractivity (Wildman–Crippen MR) is 92.2 cm³/mol. The van der Waals surface area contributed by atoms with Crippen molar-refractivity contribution >= 4 is 11.4 Å². The molecule has 0 saturated heterocycles. The molecule has 0 saturated carbocycles. The van der Waals surface area contributed by atoms with Crippen LogP contribution in [0, 0.1) is 0 Å². The van der Waals surface area contributed by atoms with E-state index >= 15 is 0 Å². The first-order valence-electron chi connectivity index (χ1n) is 7.00. The number of allylic oxidation sites excluding steroid dienone is 5. The zero-order valence-electron chi connectivity index (χ0n) is 12.2. The van der Waals surface area contributed by atoms with E-state index in [4.69, 9.17) is 4.99 Å². The van der Waals surface area contributed by atoms with Gasteiger partial charge in [-0.2, -0.15) is 0 Å². The van der Waals surface area contributed by atoms with E-state index in [-0.39, 0.29) is 0 Å². The molecule has 0 amide bonds. The fraction of sp³-hybridized carbons (Fsp3) is 0.0500. The molecule has 0 bridgehead atoms. The highest BCUT2D eigenvalue weighted by atomic mass is 14.7. The Kier molecular flexibility index (Phi) is 5.48. The van der Waals surface area contributed by atoms with Gasteiger partial charge in [0.05, 0.1) is 11.4 Å². The molecule has 0 N–H and O–H groups in total. The lowest BCUT2D eigenvalue weighted by atomic mass is 10.0. The van der Waals surface area contributed by atoms with E-state index in [1.54, 1.807) is 6.08 Å². The normalized spacial score (nSPS) is 12.6. The van der Waals surface area contributed by atoms with Crippen molar-refractivity contribution in [3.8, 4) is 0 Å². The monoisotopic (exact) mass is 273 g/mol. The van der Waals surface area contributed by atoms with Gasteiger partial charge in [-0.1, -0.05) is 79.4 Å². The van der Waals surface area contributed by atoms with E-state index in [0.717, 1.165) is 22.5 Å². The molecule has 0 spiro atoms. The van der Waals surface area contributed by atoms with Crippen LogP contribution >= 0.6 is 0 Å². The van der Waals surface area contributed by atoms with Gasteiger partial charge in [0.25, 0.3) is 0 Å². The van der Waals surface area contributed by atoms with Gasteiger partial charge in [0.1, 0.15) is 0 Å². The molecule has 1 nitrogen and oxygen atoms in total. The summed E-state index contributed by atoms with van der Waals surface area (Å²) in [6.07, 6.45) is 7.80. The van der Waals surface area contributed by atoms with Gasteiger partial charge in [-0.15, -0.1) is 0 Å². The van der Waals surface area contributed by atoms with Crippen LogP contribution < -0.4 is 0 Å². The SMILES string of the molecule is C=C/C=C\C(=C/C)C(=Nc1ccccc1)c1ccccc1. The maximum Gasteiger partial charge on any atom is 0.0778 e. The largest absolute Gasteiger partial charge is 0.248 e. The van der Waals surface area contributed by atoms with Crippen molar-refractivity contribution in [3.63, 3.8) is 0 Å². The highest BCUT2D eigenvalue weighted by Crippen LogP contribution is 2.18. The van der Waals surface area contributed by atoms with Crippen molar-refractivity contribution in [2.24, 2.45) is 4.99 Å². The van der Waals surface area contributed by atoms with Gasteiger partial charge in [0.2, 0.25) is 0 Å². The van der Waals surface area contributed by atoms with Crippen molar-refractivity contribution in [2.45, 2.75) is 6.92 Å². The number of para-hydroxylation sites is 1. The molecule has 0 aliphatic rings. The predicted octanol–water partition coefficient (Wildman–Crippen LogP) is 5.50. The second kappa shape index (κ2) is 7.81. The van der Waals surface area contributed by atoms with Gasteiger partial charge < -0.3 is 0 Å². The zero-order valence-corrected chi connectivity index (χ0v) is 12.2. The molecule has 0 heterocycles. The molecular weight excluding hydrogens is 254 g/mol. The molecule has 21 heavy (non-hydrogen) atoms. The van der Waals surface area contributed by atoms with Crippen LogP contribution in [0.15, 0.2) is 102 Å². The van der Waals surface area contributed by atoms with Gasteiger partial charge in [-0.05, 0) is 24.6 Å². The van der Waals surface area contributed by atoms with Crippen molar-refractivity contribution in [1.29, 1.82) is 0 Å². The summed E-state index contributed by atoms with van der Waals surface area (Å²) in [5.41, 5.74) is 4.08. The molecule has 0 aliphatic heterocycles. The van der Waals surface area contributed by atoms with Gasteiger partial charge in [0.15, 0.2) is 0 Å². The molecule has 2 aromatic carbocycles. The number of hydrogen-bond donors (Lipinski definition) is 0. The summed E-state index contributed by atoms with van der Waals surface area (Å²) in [5.74, 6) is 0. The minimum Gasteiger partial charge on any atom is -0.248 e. The number of nitrogens with zero attached hydrogens (tertiary/aromatic N) is 1. The van der Waals surface area contributed by atoms with Crippen LogP contribution in [0.5, 0.6) is 0 Å². The second-order valence-corrected chi connectivity index (χ2v) is 4.50. The lowest BCUT2D eigenvalue weighted by Gasteiger charge is -2.08. The molecule has 2 aromatic rings. The lowest BCUT2D eigenvalue weighted by molar-refractivity contribution is 1.47. The van der Waals surface area contributed by atoms with Gasteiger partial charge in [-0.25, -0.2) is 4.99 Å². The topological polar surface area (TPSA) is 12.4 Å². The molecule has 0 unspecified atom stereocenters. The number of rotatable bonds is 5. The third kappa shape index (κ3) is 4.15. The summed E-state index contributed by atoms with van der Waals surface area (Å²) in [7, 11) is 0. The average Bonchev–Trinajstić information content (AvgIpc) is 2.56. The maximum atomic E-state index is 4.82. The molecule has 0 aliphatic carbocycles. The summed E-state index contributed by atoms with van der Waals surface area (Å²) >= 11 is 0. The molecule has 104 valence electrons. The Labute approximate surface area is 126 Å². The van der Waals surface area contributed by atoms with E-state index in [1.165, 1.54) is 0 Å². The zero-order chi connectivity index (χ0) is 14.9. The molecule has 0 fully saturated rings. The van der Waals surface area contributed by atoms with Gasteiger partial charge in [-0.3, -0.25) is 0 Å². The van der Waals surface area contributed by atoms with Crippen LogP contribution in [-0.2, 0) is 0 Å². The van der Waals surface area contributed by atoms with Crippen molar-refractivity contribution in [2.75, 3.05) is 0 Å². The summed E-state index contributed by atoms with van der Waals surface area (Å²) in [4.78, 5) is 4.82. The first kappa shape index (κ1) is 14.7. The summed E-state index contributed by atoms with van der Waals surface area (Å²) in [6, 6.07) is 20.2. The molecular formula is C20H19N. The Morgan fingerprint density at radius 1 is 0.952 bits per heavy atom. The van der Waals surface area contributed by atoms with Gasteiger partial charge >= 0.3 is 0 Å². The van der Waals surface area contributed by atoms with E-state index < -0.39 is 0 Å². The Bertz CT molecular complexity index is 661. The van der Waals surface area contributed by atoms with Crippen LogP contribution in [-0.4, -0.2) is 5.71 Å². The maximum absolute atomic E-state index is 4.82. The molecule has 0 atom stereocenters. The van der Waals surface area contributed by atoms with Crippen LogP contribution in [0.25, 0.3) is 0 Å². The molecule has 1 heteroatoms. The first-order valence-corrected chi connectivity index (χ1v) is 7.00. The standard InChI is InChI=1S/C20H19N/c1-3-5-12-17(4-2)20(18-13-8-6-9-14-18)21-19-15-10-7-11-16-19/h3-16H,1H2,2H3/b12-5-,17-4+,21-20?. The Morgan fingerprint density at radius 2 is 1.57 bits per heavy atom. The van der Waals surface area contributed by atoms with Crippen LogP contribution in [0.1, 0.15) is 12.5 Å². The molecule has 2 rings (SSSR count). The smallest absolute Gasteiger partial charge is 0.0778 e. The third-order valence-corrected chi connectivity index (χ3v) is 3.04. The minimum absolute atomic E-state index is 0.947. The summed E-state index contributed by atoms with van der Waals surface area (Å²) in [5, 5.41) is 0. The fourth-order valence-corrected chi connectivity index (χ4v) is 2.01. The lowest BCUT2D eigenvalue weighted by Crippen LogP contribution is -2.03. The molecule has 0 radical (unpaired) electrons. The number of aliphatic imine (C=N–C) groups is 1. The minimum atomic E-state index is 0.947. The number of hydrogen-bond acceptors (Lipinski definition) is 1. The van der Waals surface area contributed by atoms with Crippen LogP contribution in [0.2, 0.25) is 0 Å². The third-order valence-electron chi connectivity index (χ3n) is 3.04. The van der Waals surface area contributed by atoms with Crippen molar-refractivity contribution < 1.29 is 0 Å². The van der Waals surface area contributed by atoms with Gasteiger partial charge in [0, 0.05) is 5.56 Å². The number of benzene rings is 2. The summed E-state index contributed by atoms with van der Waals surface area (Å²) < 4.78 is 0. The first-order chi connectivity index (χ1) is 10.3. The fourth-order valence-electron chi connectivity index (χ4n) is 2.01. The van der Waals surface area contributed by atoms with Crippen molar-refractivity contribution in [1.82, 2.24) is 0 Å². The van der Waals surface area contributed by atoms with Crippen molar-refractivity contribution in [3.05, 3.63) is 103 Å². The Hall–Kier alpha value is -2.67. The van der Waals surface area contributed by atoms with E-state index in [2.05, 4.69) is 24.8 Å². The Balaban J connectivity index is 2.52. The quantitative estimate of drug-likeness (QED) is 0.504. The Morgan fingerprint density at radius 3 is 2.14 bits per heavy atom. The van der Waals surface area contributed by atoms with E-state index in [0.29, 0.717) is 0 Å². The second-order valence-electron chi connectivity index (χ2n) is 4.50. The van der Waals surface area contributed by atoms with Crippen LogP contribution in [0.3, 0.4) is 0 Å². The summed E-state index contributed by atoms with van der Waals surface area (Å²) in [6.45, 7) is 5.75. The van der Waals surface area contributed by atoms with Crippen LogP contribution in [0.4, 0.5) is 5.69 Å². The van der Waals surface area contributed by atoms with E-state index in [1.807, 2.05) is 67.6 Å². The highest BCUT2D eigenvalue weighted by molar-refractivity contribution is 6.15. The van der Waals surface area contributed by atoms with E-state index in [9.17, 15) is 0 Å². The highest BCUT2D eigenvalue weighted by Gasteiger charge is 2.06.